The van der Waals surface area contributed by atoms with Crippen molar-refractivity contribution in [3.05, 3.63) is 81.4 Å². The van der Waals surface area contributed by atoms with E-state index in [4.69, 9.17) is 16.0 Å². The van der Waals surface area contributed by atoms with E-state index in [0.717, 1.165) is 10.4 Å². The summed E-state index contributed by atoms with van der Waals surface area (Å²) >= 11 is 6.04. The van der Waals surface area contributed by atoms with Crippen LogP contribution in [0.3, 0.4) is 0 Å². The fraction of sp³-hybridized carbons (Fsp3) is 0.118. The van der Waals surface area contributed by atoms with Gasteiger partial charge in [-0.15, -0.1) is 0 Å². The summed E-state index contributed by atoms with van der Waals surface area (Å²) in [4.78, 5) is 14.4. The summed E-state index contributed by atoms with van der Waals surface area (Å²) in [5.41, 5.74) is -0.184. The van der Waals surface area contributed by atoms with E-state index in [1.807, 2.05) is 0 Å². The first-order valence-corrected chi connectivity index (χ1v) is 9.53. The van der Waals surface area contributed by atoms with Crippen molar-refractivity contribution in [2.24, 2.45) is 0 Å². The van der Waals surface area contributed by atoms with Crippen LogP contribution in [0.25, 0.3) is 0 Å². The molecule has 2 aromatic heterocycles. The summed E-state index contributed by atoms with van der Waals surface area (Å²) in [5.74, 6) is 0.533. The SMILES string of the molecule is Cc1c(Cl)cc(S(=O)(=O)N(Cc2ccco2)c2ccccn2)cc1[N+](=O)[O-]. The van der Waals surface area contributed by atoms with Gasteiger partial charge in [-0.05, 0) is 37.3 Å². The minimum Gasteiger partial charge on any atom is -0.467 e. The number of nitro benzene ring substituents is 1. The Morgan fingerprint density at radius 3 is 2.63 bits per heavy atom. The van der Waals surface area contributed by atoms with Gasteiger partial charge in [-0.1, -0.05) is 17.7 Å². The number of hydrogen-bond acceptors (Lipinski definition) is 6. The number of hydrogen-bond donors (Lipinski definition) is 0. The minimum absolute atomic E-state index is 0.0123. The average Bonchev–Trinajstić information content (AvgIpc) is 3.15. The molecule has 0 atom stereocenters. The van der Waals surface area contributed by atoms with Gasteiger partial charge >= 0.3 is 0 Å². The second-order valence-electron chi connectivity index (χ2n) is 5.59. The highest BCUT2D eigenvalue weighted by atomic mass is 35.5. The van der Waals surface area contributed by atoms with Crippen molar-refractivity contribution in [2.75, 3.05) is 4.31 Å². The highest BCUT2D eigenvalue weighted by molar-refractivity contribution is 7.92. The number of anilines is 1. The van der Waals surface area contributed by atoms with E-state index in [0.29, 0.717) is 5.76 Å². The van der Waals surface area contributed by atoms with Crippen molar-refractivity contribution >= 4 is 33.1 Å². The summed E-state index contributed by atoms with van der Waals surface area (Å²) in [5, 5.41) is 11.2. The smallest absolute Gasteiger partial charge is 0.275 e. The van der Waals surface area contributed by atoms with Crippen molar-refractivity contribution in [2.45, 2.75) is 18.4 Å². The third kappa shape index (κ3) is 3.79. The second kappa shape index (κ2) is 7.37. The van der Waals surface area contributed by atoms with Gasteiger partial charge in [0.05, 0.1) is 27.6 Å². The molecule has 0 aliphatic heterocycles. The van der Waals surface area contributed by atoms with E-state index in [1.54, 1.807) is 24.3 Å². The number of pyridine rings is 1. The molecular weight excluding hydrogens is 394 g/mol. The lowest BCUT2D eigenvalue weighted by atomic mass is 10.2. The summed E-state index contributed by atoms with van der Waals surface area (Å²) in [6.07, 6.45) is 2.87. The molecule has 0 spiro atoms. The quantitative estimate of drug-likeness (QED) is 0.452. The largest absolute Gasteiger partial charge is 0.467 e. The van der Waals surface area contributed by atoms with Gasteiger partial charge in [0.1, 0.15) is 11.6 Å². The van der Waals surface area contributed by atoms with Crippen LogP contribution in [0.15, 0.2) is 64.2 Å². The molecular formula is C17H14ClN3O5S. The number of benzene rings is 1. The molecule has 8 nitrogen and oxygen atoms in total. The minimum atomic E-state index is -4.20. The number of furan rings is 1. The van der Waals surface area contributed by atoms with Crippen LogP contribution in [0, 0.1) is 17.0 Å². The maximum Gasteiger partial charge on any atom is 0.275 e. The molecule has 27 heavy (non-hydrogen) atoms. The maximum atomic E-state index is 13.3. The Morgan fingerprint density at radius 1 is 1.26 bits per heavy atom. The number of nitrogens with zero attached hydrogens (tertiary/aromatic N) is 3. The number of halogens is 1. The van der Waals surface area contributed by atoms with Crippen LogP contribution < -0.4 is 4.31 Å². The van der Waals surface area contributed by atoms with E-state index >= 15 is 0 Å². The van der Waals surface area contributed by atoms with Crippen LogP contribution in [-0.2, 0) is 16.6 Å². The predicted molar refractivity (Wildman–Crippen MR) is 99.2 cm³/mol. The Labute approximate surface area is 160 Å². The number of sulfonamides is 1. The summed E-state index contributed by atoms with van der Waals surface area (Å²) in [7, 11) is -4.20. The molecule has 3 rings (SSSR count). The second-order valence-corrected chi connectivity index (χ2v) is 7.85. The average molecular weight is 408 g/mol. The molecule has 0 radical (unpaired) electrons. The Kier molecular flexibility index (Phi) is 5.15. The first-order valence-electron chi connectivity index (χ1n) is 7.71. The third-order valence-corrected chi connectivity index (χ3v) is 5.98. The van der Waals surface area contributed by atoms with Gasteiger partial charge < -0.3 is 4.42 Å². The zero-order valence-corrected chi connectivity index (χ0v) is 15.6. The van der Waals surface area contributed by atoms with Crippen molar-refractivity contribution < 1.29 is 17.8 Å². The molecule has 2 heterocycles. The normalized spacial score (nSPS) is 11.3. The molecule has 0 aliphatic rings. The molecule has 0 fully saturated rings. The molecule has 0 aliphatic carbocycles. The molecule has 10 heteroatoms. The molecule has 0 saturated heterocycles. The summed E-state index contributed by atoms with van der Waals surface area (Å²) in [6, 6.07) is 10.2. The van der Waals surface area contributed by atoms with Gasteiger partial charge in [-0.25, -0.2) is 17.7 Å². The van der Waals surface area contributed by atoms with Crippen molar-refractivity contribution in [3.63, 3.8) is 0 Å². The predicted octanol–water partition coefficient (Wildman–Crippen LogP) is 3.94. The van der Waals surface area contributed by atoms with E-state index < -0.39 is 14.9 Å². The molecule has 0 saturated carbocycles. The zero-order valence-electron chi connectivity index (χ0n) is 14.1. The number of nitro groups is 1. The molecule has 0 N–H and O–H groups in total. The van der Waals surface area contributed by atoms with Crippen LogP contribution in [0.1, 0.15) is 11.3 Å². The Balaban J connectivity index is 2.15. The summed E-state index contributed by atoms with van der Waals surface area (Å²) < 4.78 is 32.8. The molecule has 3 aromatic rings. The van der Waals surface area contributed by atoms with Crippen LogP contribution in [0.4, 0.5) is 11.5 Å². The Hall–Kier alpha value is -2.91. The van der Waals surface area contributed by atoms with E-state index in [-0.39, 0.29) is 33.5 Å². The van der Waals surface area contributed by atoms with Gasteiger partial charge in [0.15, 0.2) is 0 Å². The molecule has 0 unspecified atom stereocenters. The van der Waals surface area contributed by atoms with Crippen LogP contribution in [0.2, 0.25) is 5.02 Å². The van der Waals surface area contributed by atoms with Crippen molar-refractivity contribution in [3.8, 4) is 0 Å². The molecule has 0 bridgehead atoms. The fourth-order valence-corrected chi connectivity index (χ4v) is 4.15. The lowest BCUT2D eigenvalue weighted by molar-refractivity contribution is -0.385. The van der Waals surface area contributed by atoms with E-state index in [2.05, 4.69) is 4.98 Å². The summed E-state index contributed by atoms with van der Waals surface area (Å²) in [6.45, 7) is 1.32. The molecule has 140 valence electrons. The van der Waals surface area contributed by atoms with Crippen LogP contribution >= 0.6 is 11.6 Å². The fourth-order valence-electron chi connectivity index (χ4n) is 2.44. The number of aromatic nitrogens is 1. The van der Waals surface area contributed by atoms with E-state index in [1.165, 1.54) is 31.5 Å². The van der Waals surface area contributed by atoms with Crippen LogP contribution in [-0.4, -0.2) is 18.3 Å². The highest BCUT2D eigenvalue weighted by Gasteiger charge is 2.30. The van der Waals surface area contributed by atoms with Crippen molar-refractivity contribution in [1.29, 1.82) is 0 Å². The van der Waals surface area contributed by atoms with Gasteiger partial charge in [-0.2, -0.15) is 0 Å². The van der Waals surface area contributed by atoms with Gasteiger partial charge in [0, 0.05) is 17.8 Å². The zero-order chi connectivity index (χ0) is 19.6. The monoisotopic (exact) mass is 407 g/mol. The molecule has 1 aromatic carbocycles. The van der Waals surface area contributed by atoms with Crippen LogP contribution in [0.5, 0.6) is 0 Å². The van der Waals surface area contributed by atoms with Gasteiger partial charge in [-0.3, -0.25) is 10.1 Å². The van der Waals surface area contributed by atoms with Gasteiger partial charge in [0.2, 0.25) is 0 Å². The third-order valence-electron chi connectivity index (χ3n) is 3.86. The molecule has 0 amide bonds. The topological polar surface area (TPSA) is 107 Å². The Bertz CT molecular complexity index is 1070. The lowest BCUT2D eigenvalue weighted by Gasteiger charge is -2.22. The van der Waals surface area contributed by atoms with Crippen molar-refractivity contribution in [1.82, 2.24) is 4.98 Å². The standard InChI is InChI=1S/C17H14ClN3O5S/c1-12-15(18)9-14(10-16(12)21(22)23)27(24,25)20(11-13-5-4-8-26-13)17-6-2-3-7-19-17/h2-10H,11H2,1H3. The lowest BCUT2D eigenvalue weighted by Crippen LogP contribution is -2.31. The Morgan fingerprint density at radius 2 is 2.04 bits per heavy atom. The maximum absolute atomic E-state index is 13.3. The highest BCUT2D eigenvalue weighted by Crippen LogP contribution is 2.32. The first kappa shape index (κ1) is 18.9. The first-order chi connectivity index (χ1) is 12.8. The van der Waals surface area contributed by atoms with Gasteiger partial charge in [0.25, 0.3) is 15.7 Å². The van der Waals surface area contributed by atoms with E-state index in [9.17, 15) is 18.5 Å². The number of rotatable bonds is 6.